The number of benzene rings is 1. The molecule has 1 aromatic rings. The number of halogens is 1. The van der Waals surface area contributed by atoms with Crippen molar-refractivity contribution >= 4 is 11.7 Å². The molecule has 1 N–H and O–H groups in total. The molecule has 17 heavy (non-hydrogen) atoms. The quantitative estimate of drug-likeness (QED) is 0.821. The zero-order valence-corrected chi connectivity index (χ0v) is 10.6. The van der Waals surface area contributed by atoms with Crippen molar-refractivity contribution in [2.75, 3.05) is 12.4 Å². The minimum absolute atomic E-state index is 0.0122. The van der Waals surface area contributed by atoms with Crippen LogP contribution in [0.5, 0.6) is 0 Å². The van der Waals surface area contributed by atoms with Crippen LogP contribution in [-0.2, 0) is 9.53 Å². The van der Waals surface area contributed by atoms with Gasteiger partial charge in [-0.1, -0.05) is 19.9 Å². The van der Waals surface area contributed by atoms with E-state index in [1.54, 1.807) is 19.1 Å². The van der Waals surface area contributed by atoms with Gasteiger partial charge in [0.1, 0.15) is 11.4 Å². The van der Waals surface area contributed by atoms with Gasteiger partial charge in [0.05, 0.1) is 7.11 Å². The lowest BCUT2D eigenvalue weighted by molar-refractivity contribution is -0.146. The fourth-order valence-electron chi connectivity index (χ4n) is 1.51. The van der Waals surface area contributed by atoms with E-state index in [0.717, 1.165) is 0 Å². The molecule has 0 aliphatic carbocycles. The van der Waals surface area contributed by atoms with Crippen molar-refractivity contribution in [3.63, 3.8) is 0 Å². The summed E-state index contributed by atoms with van der Waals surface area (Å²) in [6, 6.07) is 6.02. The van der Waals surface area contributed by atoms with Crippen LogP contribution in [0.15, 0.2) is 24.3 Å². The SMILES string of the molecule is COC(=O)C(C)(Nc1cccc(F)c1)C(C)C. The highest BCUT2D eigenvalue weighted by atomic mass is 19.1. The fourth-order valence-corrected chi connectivity index (χ4v) is 1.51. The Morgan fingerprint density at radius 3 is 2.59 bits per heavy atom. The number of hydrogen-bond donors (Lipinski definition) is 1. The number of carbonyl (C=O) groups is 1. The Hall–Kier alpha value is -1.58. The number of rotatable bonds is 4. The number of nitrogens with one attached hydrogen (secondary N) is 1. The van der Waals surface area contributed by atoms with Gasteiger partial charge in [-0.15, -0.1) is 0 Å². The molecule has 0 bridgehead atoms. The number of hydrogen-bond acceptors (Lipinski definition) is 3. The van der Waals surface area contributed by atoms with Gasteiger partial charge in [0.15, 0.2) is 0 Å². The second-order valence-corrected chi connectivity index (χ2v) is 4.48. The Balaban J connectivity index is 2.99. The smallest absolute Gasteiger partial charge is 0.331 e. The van der Waals surface area contributed by atoms with Crippen molar-refractivity contribution in [3.05, 3.63) is 30.1 Å². The number of carbonyl (C=O) groups excluding carboxylic acids is 1. The molecule has 94 valence electrons. The molecule has 1 rings (SSSR count). The Morgan fingerprint density at radius 2 is 2.12 bits per heavy atom. The summed E-state index contributed by atoms with van der Waals surface area (Å²) in [7, 11) is 1.34. The molecule has 1 atom stereocenters. The minimum atomic E-state index is -0.872. The highest BCUT2D eigenvalue weighted by Gasteiger charge is 2.37. The van der Waals surface area contributed by atoms with Crippen molar-refractivity contribution in [2.45, 2.75) is 26.3 Å². The van der Waals surface area contributed by atoms with E-state index >= 15 is 0 Å². The molecule has 0 spiro atoms. The van der Waals surface area contributed by atoms with E-state index in [9.17, 15) is 9.18 Å². The first-order valence-corrected chi connectivity index (χ1v) is 5.52. The number of ether oxygens (including phenoxy) is 1. The summed E-state index contributed by atoms with van der Waals surface area (Å²) in [5.41, 5.74) is -0.311. The van der Waals surface area contributed by atoms with Crippen molar-refractivity contribution in [2.24, 2.45) is 5.92 Å². The van der Waals surface area contributed by atoms with E-state index in [2.05, 4.69) is 5.32 Å². The van der Waals surface area contributed by atoms with Crippen molar-refractivity contribution in [1.29, 1.82) is 0 Å². The molecular formula is C13H18FNO2. The van der Waals surface area contributed by atoms with Crippen molar-refractivity contribution in [3.8, 4) is 0 Å². The molecule has 0 saturated carbocycles. The highest BCUT2D eigenvalue weighted by Crippen LogP contribution is 2.24. The minimum Gasteiger partial charge on any atom is -0.467 e. The maximum atomic E-state index is 13.1. The second-order valence-electron chi connectivity index (χ2n) is 4.48. The van der Waals surface area contributed by atoms with E-state index in [1.165, 1.54) is 19.2 Å². The summed E-state index contributed by atoms with van der Waals surface area (Å²) in [5.74, 6) is -0.694. The molecule has 4 heteroatoms. The lowest BCUT2D eigenvalue weighted by atomic mass is 9.88. The van der Waals surface area contributed by atoms with Gasteiger partial charge in [-0.25, -0.2) is 9.18 Å². The van der Waals surface area contributed by atoms with Crippen LogP contribution in [0.25, 0.3) is 0 Å². The monoisotopic (exact) mass is 239 g/mol. The number of anilines is 1. The van der Waals surface area contributed by atoms with E-state index < -0.39 is 5.54 Å². The molecule has 1 unspecified atom stereocenters. The standard InChI is InChI=1S/C13H18FNO2/c1-9(2)13(3,12(16)17-4)15-11-7-5-6-10(14)8-11/h5-9,15H,1-4H3. The second kappa shape index (κ2) is 5.17. The van der Waals surface area contributed by atoms with Crippen LogP contribution in [0.2, 0.25) is 0 Å². The van der Waals surface area contributed by atoms with Gasteiger partial charge in [-0.2, -0.15) is 0 Å². The Kier molecular flexibility index (Phi) is 4.10. The third-order valence-corrected chi connectivity index (χ3v) is 2.99. The van der Waals surface area contributed by atoms with E-state index in [0.29, 0.717) is 5.69 Å². The predicted molar refractivity (Wildman–Crippen MR) is 65.3 cm³/mol. The predicted octanol–water partition coefficient (Wildman–Crippen LogP) is 2.83. The lowest BCUT2D eigenvalue weighted by Gasteiger charge is -2.32. The third-order valence-electron chi connectivity index (χ3n) is 2.99. The zero-order chi connectivity index (χ0) is 13.1. The summed E-state index contributed by atoms with van der Waals surface area (Å²) in [6.45, 7) is 5.56. The maximum Gasteiger partial charge on any atom is 0.331 e. The normalized spacial score (nSPS) is 14.2. The van der Waals surface area contributed by atoms with Gasteiger partial charge < -0.3 is 10.1 Å². The molecule has 0 aromatic heterocycles. The van der Waals surface area contributed by atoms with Crippen LogP contribution in [0.3, 0.4) is 0 Å². The van der Waals surface area contributed by atoms with E-state index in [-0.39, 0.29) is 17.7 Å². The first kappa shape index (κ1) is 13.5. The summed E-state index contributed by atoms with van der Waals surface area (Å²) in [6.07, 6.45) is 0. The summed E-state index contributed by atoms with van der Waals surface area (Å²) in [5, 5.41) is 3.03. The highest BCUT2D eigenvalue weighted by molar-refractivity contribution is 5.84. The number of esters is 1. The number of methoxy groups -OCH3 is 1. The Bertz CT molecular complexity index is 406. The molecular weight excluding hydrogens is 221 g/mol. The van der Waals surface area contributed by atoms with Crippen LogP contribution >= 0.6 is 0 Å². The molecule has 0 radical (unpaired) electrons. The Labute approximate surface area is 101 Å². The summed E-state index contributed by atoms with van der Waals surface area (Å²) < 4.78 is 17.9. The molecule has 0 heterocycles. The fraction of sp³-hybridized carbons (Fsp3) is 0.462. The Morgan fingerprint density at radius 1 is 1.47 bits per heavy atom. The maximum absolute atomic E-state index is 13.1. The van der Waals surface area contributed by atoms with Crippen LogP contribution in [0.1, 0.15) is 20.8 Å². The molecule has 0 aliphatic heterocycles. The summed E-state index contributed by atoms with van der Waals surface area (Å²) >= 11 is 0. The zero-order valence-electron chi connectivity index (χ0n) is 10.6. The van der Waals surface area contributed by atoms with E-state index in [1.807, 2.05) is 13.8 Å². The van der Waals surface area contributed by atoms with Gasteiger partial charge in [0.25, 0.3) is 0 Å². The first-order valence-electron chi connectivity index (χ1n) is 5.52. The first-order chi connectivity index (χ1) is 7.90. The van der Waals surface area contributed by atoms with Crippen LogP contribution in [0.4, 0.5) is 10.1 Å². The van der Waals surface area contributed by atoms with Crippen molar-refractivity contribution in [1.82, 2.24) is 0 Å². The molecule has 1 aromatic carbocycles. The van der Waals surface area contributed by atoms with Gasteiger partial charge in [-0.3, -0.25) is 0 Å². The van der Waals surface area contributed by atoms with Crippen LogP contribution in [-0.4, -0.2) is 18.6 Å². The average Bonchev–Trinajstić information content (AvgIpc) is 2.27. The molecule has 3 nitrogen and oxygen atoms in total. The largest absolute Gasteiger partial charge is 0.467 e. The molecule has 0 amide bonds. The average molecular weight is 239 g/mol. The van der Waals surface area contributed by atoms with Gasteiger partial charge in [-0.05, 0) is 31.0 Å². The molecule has 0 fully saturated rings. The van der Waals surface area contributed by atoms with Crippen LogP contribution in [0, 0.1) is 11.7 Å². The van der Waals surface area contributed by atoms with E-state index in [4.69, 9.17) is 4.74 Å². The van der Waals surface area contributed by atoms with Crippen LogP contribution < -0.4 is 5.32 Å². The lowest BCUT2D eigenvalue weighted by Crippen LogP contribution is -2.48. The summed E-state index contributed by atoms with van der Waals surface area (Å²) in [4.78, 5) is 11.8. The van der Waals surface area contributed by atoms with Crippen molar-refractivity contribution < 1.29 is 13.9 Å². The topological polar surface area (TPSA) is 38.3 Å². The van der Waals surface area contributed by atoms with Gasteiger partial charge >= 0.3 is 5.97 Å². The van der Waals surface area contributed by atoms with Gasteiger partial charge in [0.2, 0.25) is 0 Å². The third kappa shape index (κ3) is 2.96. The van der Waals surface area contributed by atoms with Gasteiger partial charge in [0, 0.05) is 5.69 Å². The molecule has 0 aliphatic rings. The molecule has 0 saturated heterocycles.